The third-order valence-electron chi connectivity index (χ3n) is 3.28. The van der Waals surface area contributed by atoms with Gasteiger partial charge in [-0.25, -0.2) is 4.99 Å². The number of hydrogen-bond acceptors (Lipinski definition) is 4. The summed E-state index contributed by atoms with van der Waals surface area (Å²) in [6, 6.07) is 7.50. The lowest BCUT2D eigenvalue weighted by molar-refractivity contribution is -0.119. The van der Waals surface area contributed by atoms with Crippen LogP contribution in [-0.2, 0) is 11.3 Å². The lowest BCUT2D eigenvalue weighted by Gasteiger charge is -2.23. The highest BCUT2D eigenvalue weighted by Crippen LogP contribution is 2.19. The van der Waals surface area contributed by atoms with Gasteiger partial charge in [-0.2, -0.15) is 11.8 Å². The molecule has 6 nitrogen and oxygen atoms in total. The van der Waals surface area contributed by atoms with E-state index in [4.69, 9.17) is 10.5 Å². The first-order chi connectivity index (χ1) is 11.4. The first kappa shape index (κ1) is 23.8. The number of aliphatic imine (C=N–C) groups is 1. The van der Waals surface area contributed by atoms with Gasteiger partial charge in [0.1, 0.15) is 5.75 Å². The summed E-state index contributed by atoms with van der Waals surface area (Å²) in [5.74, 6) is 0.902. The van der Waals surface area contributed by atoms with E-state index in [-0.39, 0.29) is 35.3 Å². The number of ether oxygens (including phenoxy) is 1. The van der Waals surface area contributed by atoms with Gasteiger partial charge in [-0.3, -0.25) is 4.79 Å². The van der Waals surface area contributed by atoms with Gasteiger partial charge in [0, 0.05) is 17.8 Å². The summed E-state index contributed by atoms with van der Waals surface area (Å²) in [7, 11) is 0. The number of nitrogens with one attached hydrogen (secondary N) is 2. The SMILES string of the molecule is CCNC(=NCc1cccc(OCC(N)=O)c1)NCC(C)(C)SC.I. The molecule has 1 amide bonds. The highest BCUT2D eigenvalue weighted by Gasteiger charge is 2.16. The number of guanidine groups is 1. The highest BCUT2D eigenvalue weighted by molar-refractivity contribution is 14.0. The first-order valence-corrected chi connectivity index (χ1v) is 9.16. The Balaban J connectivity index is 0.00000576. The third-order valence-corrected chi connectivity index (χ3v) is 4.53. The summed E-state index contributed by atoms with van der Waals surface area (Å²) in [6.45, 7) is 8.43. The Labute approximate surface area is 171 Å². The minimum absolute atomic E-state index is 0. The summed E-state index contributed by atoms with van der Waals surface area (Å²) in [5, 5.41) is 6.60. The van der Waals surface area contributed by atoms with Crippen LogP contribution in [0.1, 0.15) is 26.3 Å². The summed E-state index contributed by atoms with van der Waals surface area (Å²) in [4.78, 5) is 15.4. The zero-order valence-electron chi connectivity index (χ0n) is 15.3. The molecule has 142 valence electrons. The fourth-order valence-corrected chi connectivity index (χ4v) is 1.99. The zero-order chi connectivity index (χ0) is 18.0. The number of primary amides is 1. The molecule has 0 spiro atoms. The molecular formula is C17H29IN4O2S. The van der Waals surface area contributed by atoms with E-state index < -0.39 is 5.91 Å². The summed E-state index contributed by atoms with van der Waals surface area (Å²) < 4.78 is 5.45. The van der Waals surface area contributed by atoms with Crippen molar-refractivity contribution in [2.24, 2.45) is 10.7 Å². The average molecular weight is 480 g/mol. The quantitative estimate of drug-likeness (QED) is 0.287. The van der Waals surface area contributed by atoms with Crippen molar-refractivity contribution in [3.05, 3.63) is 29.8 Å². The topological polar surface area (TPSA) is 88.7 Å². The Bertz CT molecular complexity index is 567. The van der Waals surface area contributed by atoms with Crippen LogP contribution in [0.25, 0.3) is 0 Å². The maximum atomic E-state index is 10.8. The van der Waals surface area contributed by atoms with Gasteiger partial charge in [-0.05, 0) is 44.7 Å². The second kappa shape index (κ2) is 12.2. The fourth-order valence-electron chi connectivity index (χ4n) is 1.77. The van der Waals surface area contributed by atoms with Gasteiger partial charge >= 0.3 is 0 Å². The van der Waals surface area contributed by atoms with Crippen LogP contribution in [-0.4, -0.2) is 42.6 Å². The normalized spacial score (nSPS) is 11.4. The molecule has 4 N–H and O–H groups in total. The van der Waals surface area contributed by atoms with E-state index in [1.807, 2.05) is 36.9 Å². The molecule has 1 aromatic rings. The van der Waals surface area contributed by atoms with Gasteiger partial charge in [0.15, 0.2) is 12.6 Å². The lowest BCUT2D eigenvalue weighted by Crippen LogP contribution is -2.43. The number of nitrogens with two attached hydrogens (primary N) is 1. The van der Waals surface area contributed by atoms with E-state index in [1.54, 1.807) is 6.07 Å². The van der Waals surface area contributed by atoms with Crippen LogP contribution in [0.2, 0.25) is 0 Å². The molecule has 0 radical (unpaired) electrons. The predicted molar refractivity (Wildman–Crippen MR) is 117 cm³/mol. The zero-order valence-corrected chi connectivity index (χ0v) is 18.4. The standard InChI is InChI=1S/C17H28N4O2S.HI/c1-5-19-16(21-12-17(2,3)24-4)20-10-13-7-6-8-14(9-13)23-11-15(18)22;/h6-9H,5,10-12H2,1-4H3,(H2,18,22)(H2,19,20,21);1H. The van der Waals surface area contributed by atoms with Crippen molar-refractivity contribution in [1.29, 1.82) is 0 Å². The minimum atomic E-state index is -0.492. The molecule has 0 saturated carbocycles. The number of amides is 1. The molecule has 0 unspecified atom stereocenters. The Morgan fingerprint density at radius 3 is 2.68 bits per heavy atom. The second-order valence-electron chi connectivity index (χ2n) is 5.91. The number of hydrogen-bond donors (Lipinski definition) is 3. The van der Waals surface area contributed by atoms with Crippen molar-refractivity contribution in [1.82, 2.24) is 10.6 Å². The molecule has 0 heterocycles. The smallest absolute Gasteiger partial charge is 0.255 e. The molecule has 0 aliphatic heterocycles. The van der Waals surface area contributed by atoms with Crippen LogP contribution in [0.3, 0.4) is 0 Å². The molecular weight excluding hydrogens is 451 g/mol. The van der Waals surface area contributed by atoms with Crippen LogP contribution in [0.4, 0.5) is 0 Å². The van der Waals surface area contributed by atoms with Gasteiger partial charge in [0.25, 0.3) is 5.91 Å². The molecule has 0 aromatic heterocycles. The largest absolute Gasteiger partial charge is 0.484 e. The van der Waals surface area contributed by atoms with Crippen LogP contribution >= 0.6 is 35.7 Å². The molecule has 1 aromatic carbocycles. The highest BCUT2D eigenvalue weighted by atomic mass is 127. The molecule has 0 saturated heterocycles. The summed E-state index contributed by atoms with van der Waals surface area (Å²) in [5.41, 5.74) is 6.08. The number of rotatable bonds is 9. The molecule has 0 fully saturated rings. The lowest BCUT2D eigenvalue weighted by atomic mass is 10.2. The monoisotopic (exact) mass is 480 g/mol. The number of nitrogens with zero attached hydrogens (tertiary/aromatic N) is 1. The summed E-state index contributed by atoms with van der Waals surface area (Å²) in [6.07, 6.45) is 2.10. The number of carbonyl (C=O) groups is 1. The number of carbonyl (C=O) groups excluding carboxylic acids is 1. The average Bonchev–Trinajstić information content (AvgIpc) is 2.56. The van der Waals surface area contributed by atoms with Crippen molar-refractivity contribution < 1.29 is 9.53 Å². The van der Waals surface area contributed by atoms with Crippen LogP contribution in [0, 0.1) is 0 Å². The van der Waals surface area contributed by atoms with Crippen molar-refractivity contribution >= 4 is 47.6 Å². The summed E-state index contributed by atoms with van der Waals surface area (Å²) >= 11 is 1.81. The fraction of sp³-hybridized carbons (Fsp3) is 0.529. The molecule has 8 heteroatoms. The van der Waals surface area contributed by atoms with Gasteiger partial charge in [0.05, 0.1) is 6.54 Å². The molecule has 0 bridgehead atoms. The van der Waals surface area contributed by atoms with Gasteiger partial charge in [0.2, 0.25) is 0 Å². The van der Waals surface area contributed by atoms with Crippen molar-refractivity contribution in [3.63, 3.8) is 0 Å². The molecule has 1 rings (SSSR count). The van der Waals surface area contributed by atoms with Crippen molar-refractivity contribution in [2.45, 2.75) is 32.1 Å². The van der Waals surface area contributed by atoms with Gasteiger partial charge in [-0.15, -0.1) is 24.0 Å². The van der Waals surface area contributed by atoms with E-state index in [9.17, 15) is 4.79 Å². The molecule has 0 atom stereocenters. The van der Waals surface area contributed by atoms with E-state index in [0.29, 0.717) is 12.3 Å². The Morgan fingerprint density at radius 1 is 1.36 bits per heavy atom. The van der Waals surface area contributed by atoms with Crippen molar-refractivity contribution in [2.75, 3.05) is 26.0 Å². The second-order valence-corrected chi connectivity index (χ2v) is 7.43. The minimum Gasteiger partial charge on any atom is -0.484 e. The number of benzene rings is 1. The van der Waals surface area contributed by atoms with Crippen LogP contribution < -0.4 is 21.1 Å². The maximum absolute atomic E-state index is 10.8. The van der Waals surface area contributed by atoms with Gasteiger partial charge < -0.3 is 21.1 Å². The Morgan fingerprint density at radius 2 is 2.08 bits per heavy atom. The molecule has 0 aliphatic rings. The molecule has 25 heavy (non-hydrogen) atoms. The van der Waals surface area contributed by atoms with Gasteiger partial charge in [-0.1, -0.05) is 12.1 Å². The van der Waals surface area contributed by atoms with Crippen molar-refractivity contribution in [3.8, 4) is 5.75 Å². The van der Waals surface area contributed by atoms with Crippen LogP contribution in [0.5, 0.6) is 5.75 Å². The van der Waals surface area contributed by atoms with E-state index in [1.165, 1.54) is 0 Å². The Hall–Kier alpha value is -1.16. The third kappa shape index (κ3) is 10.4. The predicted octanol–water partition coefficient (Wildman–Crippen LogP) is 2.37. The first-order valence-electron chi connectivity index (χ1n) is 7.93. The number of halogens is 1. The maximum Gasteiger partial charge on any atom is 0.255 e. The van der Waals surface area contributed by atoms with E-state index >= 15 is 0 Å². The molecule has 0 aliphatic carbocycles. The number of thioether (sulfide) groups is 1. The van der Waals surface area contributed by atoms with Crippen LogP contribution in [0.15, 0.2) is 29.3 Å². The van der Waals surface area contributed by atoms with E-state index in [0.717, 1.165) is 24.6 Å². The van der Waals surface area contributed by atoms with E-state index in [2.05, 4.69) is 35.7 Å². The Kier molecular flexibility index (Phi) is 11.7.